The van der Waals surface area contributed by atoms with Crippen LogP contribution in [-0.4, -0.2) is 6.54 Å². The van der Waals surface area contributed by atoms with Crippen molar-refractivity contribution in [1.82, 2.24) is 5.32 Å². The van der Waals surface area contributed by atoms with Crippen LogP contribution in [-0.2, 0) is 6.42 Å². The number of likely N-dealkylation sites (N-methyl/N-ethyl adjacent to an activating group) is 1. The Morgan fingerprint density at radius 2 is 2.05 bits per heavy atom. The summed E-state index contributed by atoms with van der Waals surface area (Å²) in [4.78, 5) is 0. The van der Waals surface area contributed by atoms with Crippen LogP contribution in [0.15, 0.2) is 42.5 Å². The van der Waals surface area contributed by atoms with Gasteiger partial charge in [-0.25, -0.2) is 4.39 Å². The molecule has 2 aromatic carbocycles. The quantitative estimate of drug-likeness (QED) is 0.695. The Balaban J connectivity index is 2.25. The maximum absolute atomic E-state index is 13.9. The molecule has 0 aromatic heterocycles. The largest absolute Gasteiger partial charge is 0.310 e. The van der Waals surface area contributed by atoms with E-state index in [0.29, 0.717) is 17.0 Å². The fraction of sp³-hybridized carbons (Fsp3) is 0.250. The fourth-order valence-corrected chi connectivity index (χ4v) is 2.91. The average molecular weight is 404 g/mol. The minimum Gasteiger partial charge on any atom is -0.310 e. The van der Waals surface area contributed by atoms with Gasteiger partial charge in [-0.15, -0.1) is 0 Å². The number of hydrogen-bond donors (Lipinski definition) is 1. The van der Waals surface area contributed by atoms with E-state index in [4.69, 9.17) is 11.6 Å². The van der Waals surface area contributed by atoms with Crippen LogP contribution in [0.5, 0.6) is 0 Å². The number of rotatable bonds is 5. The Morgan fingerprint density at radius 3 is 2.70 bits per heavy atom. The molecule has 1 atom stereocenters. The predicted molar refractivity (Wildman–Crippen MR) is 90.7 cm³/mol. The molecule has 0 spiro atoms. The maximum atomic E-state index is 13.9. The van der Waals surface area contributed by atoms with Crippen molar-refractivity contribution >= 4 is 34.2 Å². The van der Waals surface area contributed by atoms with E-state index < -0.39 is 0 Å². The first-order valence-electron chi connectivity index (χ1n) is 6.53. The summed E-state index contributed by atoms with van der Waals surface area (Å²) in [5.74, 6) is -0.244. The summed E-state index contributed by atoms with van der Waals surface area (Å²) < 4.78 is 15.1. The Kier molecular flexibility index (Phi) is 5.81. The molecule has 0 bridgehead atoms. The van der Waals surface area contributed by atoms with Gasteiger partial charge in [-0.3, -0.25) is 0 Å². The molecule has 2 aromatic rings. The second-order valence-electron chi connectivity index (χ2n) is 4.61. The lowest BCUT2D eigenvalue weighted by atomic mass is 9.98. The van der Waals surface area contributed by atoms with Gasteiger partial charge in [0.05, 0.1) is 0 Å². The molecule has 0 aliphatic rings. The zero-order chi connectivity index (χ0) is 14.5. The Bertz CT molecular complexity index is 588. The molecule has 0 saturated heterocycles. The third kappa shape index (κ3) is 4.17. The highest BCUT2D eigenvalue weighted by molar-refractivity contribution is 14.1. The summed E-state index contributed by atoms with van der Waals surface area (Å²) >= 11 is 8.09. The van der Waals surface area contributed by atoms with Crippen LogP contribution in [0, 0.1) is 9.39 Å². The van der Waals surface area contributed by atoms with E-state index in [9.17, 15) is 4.39 Å². The van der Waals surface area contributed by atoms with Gasteiger partial charge in [-0.05, 0) is 70.9 Å². The van der Waals surface area contributed by atoms with E-state index in [2.05, 4.69) is 53.0 Å². The summed E-state index contributed by atoms with van der Waals surface area (Å²) in [6, 6.07) is 13.2. The molecular formula is C16H16ClFIN. The third-order valence-electron chi connectivity index (χ3n) is 3.14. The molecule has 0 fully saturated rings. The molecule has 0 aliphatic heterocycles. The van der Waals surface area contributed by atoms with E-state index in [0.717, 1.165) is 6.54 Å². The summed E-state index contributed by atoms with van der Waals surface area (Å²) in [7, 11) is 0. The molecule has 0 aliphatic carbocycles. The molecule has 1 N–H and O–H groups in total. The highest BCUT2D eigenvalue weighted by Gasteiger charge is 2.14. The molecule has 1 unspecified atom stereocenters. The Labute approximate surface area is 137 Å². The zero-order valence-corrected chi connectivity index (χ0v) is 14.1. The van der Waals surface area contributed by atoms with Crippen LogP contribution in [0.4, 0.5) is 4.39 Å². The first-order chi connectivity index (χ1) is 9.60. The lowest BCUT2D eigenvalue weighted by molar-refractivity contribution is 0.528. The number of benzene rings is 2. The van der Waals surface area contributed by atoms with Crippen molar-refractivity contribution in [2.45, 2.75) is 19.4 Å². The van der Waals surface area contributed by atoms with Gasteiger partial charge < -0.3 is 5.32 Å². The van der Waals surface area contributed by atoms with Gasteiger partial charge >= 0.3 is 0 Å². The van der Waals surface area contributed by atoms with Crippen molar-refractivity contribution in [2.24, 2.45) is 0 Å². The van der Waals surface area contributed by atoms with E-state index >= 15 is 0 Å². The van der Waals surface area contributed by atoms with Crippen molar-refractivity contribution < 1.29 is 4.39 Å². The highest BCUT2D eigenvalue weighted by atomic mass is 127. The molecule has 1 nitrogen and oxygen atoms in total. The molecule has 0 amide bonds. The molecule has 0 saturated carbocycles. The maximum Gasteiger partial charge on any atom is 0.127 e. The minimum absolute atomic E-state index is 0.102. The minimum atomic E-state index is -0.244. The summed E-state index contributed by atoms with van der Waals surface area (Å²) in [6.45, 7) is 2.89. The predicted octanol–water partition coefficient (Wildman–Crippen LogP) is 4.98. The molecular weight excluding hydrogens is 388 g/mol. The van der Waals surface area contributed by atoms with E-state index in [1.54, 1.807) is 12.1 Å². The normalized spacial score (nSPS) is 12.4. The molecule has 0 heterocycles. The number of hydrogen-bond acceptors (Lipinski definition) is 1. The van der Waals surface area contributed by atoms with Gasteiger partial charge in [0.2, 0.25) is 0 Å². The van der Waals surface area contributed by atoms with E-state index in [1.165, 1.54) is 15.2 Å². The first kappa shape index (κ1) is 15.7. The number of halogens is 3. The zero-order valence-electron chi connectivity index (χ0n) is 11.2. The fourth-order valence-electron chi connectivity index (χ4n) is 2.18. The molecule has 106 valence electrons. The Morgan fingerprint density at radius 1 is 1.25 bits per heavy atom. The third-order valence-corrected chi connectivity index (χ3v) is 4.05. The van der Waals surface area contributed by atoms with Crippen LogP contribution in [0.1, 0.15) is 24.1 Å². The van der Waals surface area contributed by atoms with Crippen LogP contribution >= 0.6 is 34.2 Å². The monoisotopic (exact) mass is 403 g/mol. The van der Waals surface area contributed by atoms with E-state index in [-0.39, 0.29) is 11.9 Å². The average Bonchev–Trinajstić information content (AvgIpc) is 2.41. The van der Waals surface area contributed by atoms with Gasteiger partial charge in [0.15, 0.2) is 0 Å². The second kappa shape index (κ2) is 7.38. The van der Waals surface area contributed by atoms with Crippen molar-refractivity contribution in [3.63, 3.8) is 0 Å². The van der Waals surface area contributed by atoms with Crippen molar-refractivity contribution in [3.05, 3.63) is 68.0 Å². The summed E-state index contributed by atoms with van der Waals surface area (Å²) in [5, 5.41) is 3.84. The molecule has 4 heteroatoms. The van der Waals surface area contributed by atoms with Gasteiger partial charge in [-0.2, -0.15) is 0 Å². The molecule has 2 rings (SSSR count). The van der Waals surface area contributed by atoms with Crippen LogP contribution < -0.4 is 5.32 Å². The van der Waals surface area contributed by atoms with Crippen molar-refractivity contribution in [3.8, 4) is 0 Å². The van der Waals surface area contributed by atoms with Crippen LogP contribution in [0.2, 0.25) is 5.02 Å². The highest BCUT2D eigenvalue weighted by Crippen LogP contribution is 2.23. The SMILES string of the molecule is CCNC(Cc1ccc(Cl)cc1F)c1cccc(I)c1. The lowest BCUT2D eigenvalue weighted by Gasteiger charge is -2.19. The van der Waals surface area contributed by atoms with Crippen molar-refractivity contribution in [1.29, 1.82) is 0 Å². The summed E-state index contributed by atoms with van der Waals surface area (Å²) in [5.41, 5.74) is 1.85. The number of nitrogens with one attached hydrogen (secondary N) is 1. The smallest absolute Gasteiger partial charge is 0.127 e. The Hall–Kier alpha value is -0.650. The van der Waals surface area contributed by atoms with Crippen molar-refractivity contribution in [2.75, 3.05) is 6.54 Å². The topological polar surface area (TPSA) is 12.0 Å². The van der Waals surface area contributed by atoms with E-state index in [1.807, 2.05) is 6.07 Å². The standard InChI is InChI=1S/C16H16ClFIN/c1-2-20-16(12-4-3-5-14(19)8-12)9-11-6-7-13(17)10-15(11)18/h3-8,10,16,20H,2,9H2,1H3. The first-order valence-corrected chi connectivity index (χ1v) is 7.98. The van der Waals surface area contributed by atoms with Gasteiger partial charge in [0, 0.05) is 14.6 Å². The second-order valence-corrected chi connectivity index (χ2v) is 6.29. The van der Waals surface area contributed by atoms with Crippen LogP contribution in [0.25, 0.3) is 0 Å². The van der Waals surface area contributed by atoms with Gasteiger partial charge in [-0.1, -0.05) is 36.7 Å². The van der Waals surface area contributed by atoms with Gasteiger partial charge in [0.1, 0.15) is 5.82 Å². The van der Waals surface area contributed by atoms with Gasteiger partial charge in [0.25, 0.3) is 0 Å². The molecule has 20 heavy (non-hydrogen) atoms. The summed E-state index contributed by atoms with van der Waals surface area (Å²) in [6.07, 6.45) is 0.608. The van der Waals surface area contributed by atoms with Crippen LogP contribution in [0.3, 0.4) is 0 Å². The lowest BCUT2D eigenvalue weighted by Crippen LogP contribution is -2.23. The molecule has 0 radical (unpaired) electrons.